The first-order valence-electron chi connectivity index (χ1n) is 4.44. The highest BCUT2D eigenvalue weighted by atomic mass is 14.7. The van der Waals surface area contributed by atoms with Gasteiger partial charge in [0.15, 0.2) is 0 Å². The van der Waals surface area contributed by atoms with Gasteiger partial charge in [-0.1, -0.05) is 6.07 Å². The highest BCUT2D eigenvalue weighted by molar-refractivity contribution is 5.24. The van der Waals surface area contributed by atoms with E-state index in [1.54, 1.807) is 0 Å². The van der Waals surface area contributed by atoms with Crippen molar-refractivity contribution in [1.82, 2.24) is 4.98 Å². The highest BCUT2D eigenvalue weighted by Crippen LogP contribution is 2.35. The van der Waals surface area contributed by atoms with Crippen LogP contribution in [0.2, 0.25) is 0 Å². The Morgan fingerprint density at radius 1 is 1.42 bits per heavy atom. The summed E-state index contributed by atoms with van der Waals surface area (Å²) in [4.78, 5) is 4.17. The van der Waals surface area contributed by atoms with E-state index in [9.17, 15) is 0 Å². The van der Waals surface area contributed by atoms with Gasteiger partial charge in [-0.3, -0.25) is 4.98 Å². The molecule has 0 spiro atoms. The molecule has 1 heterocycles. The average Bonchev–Trinajstić information content (AvgIpc) is 2.02. The molecule has 1 aromatic rings. The lowest BCUT2D eigenvalue weighted by Crippen LogP contribution is -2.37. The van der Waals surface area contributed by atoms with Gasteiger partial charge in [-0.15, -0.1) is 0 Å². The summed E-state index contributed by atoms with van der Waals surface area (Å²) in [7, 11) is 0. The van der Waals surface area contributed by atoms with Gasteiger partial charge >= 0.3 is 0 Å². The fraction of sp³-hybridized carbons (Fsp3) is 0.500. The Labute approximate surface area is 72.8 Å². The van der Waals surface area contributed by atoms with E-state index in [1.807, 2.05) is 12.4 Å². The second-order valence-electron chi connectivity index (χ2n) is 3.64. The summed E-state index contributed by atoms with van der Waals surface area (Å²) in [6.45, 7) is 2.07. The first-order chi connectivity index (χ1) is 5.77. The molecule has 2 heteroatoms. The van der Waals surface area contributed by atoms with Crippen molar-refractivity contribution in [2.75, 3.05) is 0 Å². The third-order valence-corrected chi connectivity index (χ3v) is 2.65. The third-order valence-electron chi connectivity index (χ3n) is 2.65. The van der Waals surface area contributed by atoms with Crippen LogP contribution in [0.25, 0.3) is 0 Å². The Hall–Kier alpha value is -0.890. The number of rotatable bonds is 1. The molecule has 1 aliphatic rings. The summed E-state index contributed by atoms with van der Waals surface area (Å²) < 4.78 is 0. The number of nitrogens with two attached hydrogens (primary N) is 1. The highest BCUT2D eigenvalue weighted by Gasteiger charge is 2.28. The summed E-state index contributed by atoms with van der Waals surface area (Å²) in [6, 6.07) is 2.56. The molecule has 1 aliphatic carbocycles. The topological polar surface area (TPSA) is 38.9 Å². The number of aromatic nitrogens is 1. The summed E-state index contributed by atoms with van der Waals surface area (Å²) in [5.41, 5.74) is 8.42. The van der Waals surface area contributed by atoms with Gasteiger partial charge in [-0.25, -0.2) is 0 Å². The van der Waals surface area contributed by atoms with Crippen LogP contribution in [0, 0.1) is 6.92 Å². The third kappa shape index (κ3) is 1.23. The standard InChI is InChI=1S/C10H14N2/c1-7-4-8(6-12-5-7)9-2-3-10(9)11/h4-6,9-10H,2-3,11H2,1H3. The van der Waals surface area contributed by atoms with E-state index >= 15 is 0 Å². The number of nitrogens with zero attached hydrogens (tertiary/aromatic N) is 1. The second kappa shape index (κ2) is 2.87. The molecule has 0 aliphatic heterocycles. The number of pyridine rings is 1. The first-order valence-corrected chi connectivity index (χ1v) is 4.44. The summed E-state index contributed by atoms with van der Waals surface area (Å²) in [5.74, 6) is 0.567. The zero-order chi connectivity index (χ0) is 8.55. The Balaban J connectivity index is 2.22. The van der Waals surface area contributed by atoms with Crippen molar-refractivity contribution in [2.45, 2.75) is 31.7 Å². The monoisotopic (exact) mass is 162 g/mol. The Kier molecular flexibility index (Phi) is 1.85. The first kappa shape index (κ1) is 7.74. The van der Waals surface area contributed by atoms with Crippen LogP contribution in [0.15, 0.2) is 18.5 Å². The Morgan fingerprint density at radius 2 is 2.25 bits per heavy atom. The smallest absolute Gasteiger partial charge is 0.0303 e. The van der Waals surface area contributed by atoms with Gasteiger partial charge in [0.25, 0.3) is 0 Å². The molecule has 0 bridgehead atoms. The van der Waals surface area contributed by atoms with Crippen LogP contribution in [-0.2, 0) is 0 Å². The van der Waals surface area contributed by atoms with Crippen LogP contribution < -0.4 is 5.73 Å². The molecule has 1 aromatic heterocycles. The Morgan fingerprint density at radius 3 is 2.75 bits per heavy atom. The number of hydrogen-bond acceptors (Lipinski definition) is 2. The summed E-state index contributed by atoms with van der Waals surface area (Å²) >= 11 is 0. The van der Waals surface area contributed by atoms with Gasteiger partial charge in [-0.05, 0) is 30.9 Å². The number of aryl methyl sites for hydroxylation is 1. The van der Waals surface area contributed by atoms with Gasteiger partial charge in [0, 0.05) is 24.4 Å². The van der Waals surface area contributed by atoms with Crippen LogP contribution in [0.4, 0.5) is 0 Å². The molecule has 0 aromatic carbocycles. The van der Waals surface area contributed by atoms with Crippen LogP contribution in [-0.4, -0.2) is 11.0 Å². The van der Waals surface area contributed by atoms with Gasteiger partial charge in [0.1, 0.15) is 0 Å². The number of hydrogen-bond donors (Lipinski definition) is 1. The van der Waals surface area contributed by atoms with E-state index in [-0.39, 0.29) is 0 Å². The molecule has 0 saturated heterocycles. The minimum Gasteiger partial charge on any atom is -0.327 e. The molecule has 12 heavy (non-hydrogen) atoms. The van der Waals surface area contributed by atoms with Crippen molar-refractivity contribution >= 4 is 0 Å². The van der Waals surface area contributed by atoms with E-state index in [1.165, 1.54) is 24.0 Å². The average molecular weight is 162 g/mol. The van der Waals surface area contributed by atoms with Crippen molar-refractivity contribution in [1.29, 1.82) is 0 Å². The molecule has 2 rings (SSSR count). The van der Waals surface area contributed by atoms with Gasteiger partial charge < -0.3 is 5.73 Å². The maximum atomic E-state index is 5.88. The predicted octanol–water partition coefficient (Wildman–Crippen LogP) is 1.59. The molecule has 2 unspecified atom stereocenters. The van der Waals surface area contributed by atoms with Crippen molar-refractivity contribution in [3.05, 3.63) is 29.6 Å². The molecular formula is C10H14N2. The summed E-state index contributed by atoms with van der Waals surface area (Å²) in [5, 5.41) is 0. The van der Waals surface area contributed by atoms with Crippen molar-refractivity contribution in [3.8, 4) is 0 Å². The van der Waals surface area contributed by atoms with Crippen LogP contribution in [0.1, 0.15) is 29.9 Å². The zero-order valence-electron chi connectivity index (χ0n) is 7.33. The fourth-order valence-corrected chi connectivity index (χ4v) is 1.72. The lowest BCUT2D eigenvalue weighted by atomic mass is 9.76. The van der Waals surface area contributed by atoms with Gasteiger partial charge in [0.2, 0.25) is 0 Å². The van der Waals surface area contributed by atoms with E-state index < -0.39 is 0 Å². The van der Waals surface area contributed by atoms with Crippen LogP contribution in [0.5, 0.6) is 0 Å². The normalized spacial score (nSPS) is 28.2. The molecule has 2 N–H and O–H groups in total. The van der Waals surface area contributed by atoms with Crippen LogP contribution >= 0.6 is 0 Å². The maximum absolute atomic E-state index is 5.88. The van der Waals surface area contributed by atoms with E-state index in [0.717, 1.165) is 0 Å². The second-order valence-corrected chi connectivity index (χ2v) is 3.64. The lowest BCUT2D eigenvalue weighted by Gasteiger charge is -2.33. The van der Waals surface area contributed by atoms with Crippen molar-refractivity contribution in [2.24, 2.45) is 5.73 Å². The predicted molar refractivity (Wildman–Crippen MR) is 48.9 cm³/mol. The van der Waals surface area contributed by atoms with Crippen molar-refractivity contribution < 1.29 is 0 Å². The lowest BCUT2D eigenvalue weighted by molar-refractivity contribution is 0.346. The quantitative estimate of drug-likeness (QED) is 0.681. The fourth-order valence-electron chi connectivity index (χ4n) is 1.72. The molecule has 0 amide bonds. The van der Waals surface area contributed by atoms with Crippen molar-refractivity contribution in [3.63, 3.8) is 0 Å². The summed E-state index contributed by atoms with van der Waals surface area (Å²) in [6.07, 6.45) is 6.22. The zero-order valence-corrected chi connectivity index (χ0v) is 7.33. The van der Waals surface area contributed by atoms with E-state index in [4.69, 9.17) is 5.73 Å². The molecular weight excluding hydrogens is 148 g/mol. The Bertz CT molecular complexity index is 283. The van der Waals surface area contributed by atoms with Crippen LogP contribution in [0.3, 0.4) is 0 Å². The van der Waals surface area contributed by atoms with E-state index in [0.29, 0.717) is 12.0 Å². The van der Waals surface area contributed by atoms with Gasteiger partial charge in [-0.2, -0.15) is 0 Å². The SMILES string of the molecule is Cc1cncc(C2CCC2N)c1. The molecule has 1 saturated carbocycles. The molecule has 2 atom stereocenters. The van der Waals surface area contributed by atoms with Gasteiger partial charge in [0.05, 0.1) is 0 Å². The molecule has 1 fully saturated rings. The minimum absolute atomic E-state index is 0.369. The largest absolute Gasteiger partial charge is 0.327 e. The maximum Gasteiger partial charge on any atom is 0.0303 e. The van der Waals surface area contributed by atoms with E-state index in [2.05, 4.69) is 18.0 Å². The molecule has 0 radical (unpaired) electrons. The molecule has 64 valence electrons. The molecule has 2 nitrogen and oxygen atoms in total. The minimum atomic E-state index is 0.369.